The summed E-state index contributed by atoms with van der Waals surface area (Å²) in [6.07, 6.45) is 0. The van der Waals surface area contributed by atoms with Crippen molar-refractivity contribution < 1.29 is 19.0 Å². The Kier molecular flexibility index (Phi) is 6.70. The Morgan fingerprint density at radius 3 is 2.68 bits per heavy atom. The molecule has 0 saturated carbocycles. The molecule has 1 aromatic carbocycles. The van der Waals surface area contributed by atoms with Crippen LogP contribution in [0, 0.1) is 0 Å². The van der Waals surface area contributed by atoms with E-state index in [1.54, 1.807) is 25.3 Å². The molecule has 19 heavy (non-hydrogen) atoms. The highest BCUT2D eigenvalue weighted by Crippen LogP contribution is 2.23. The molecule has 1 aromatic rings. The van der Waals surface area contributed by atoms with Crippen LogP contribution in [-0.2, 0) is 4.74 Å². The van der Waals surface area contributed by atoms with Crippen LogP contribution in [0.25, 0.3) is 0 Å². The first-order valence-electron chi connectivity index (χ1n) is 6.01. The summed E-state index contributed by atoms with van der Waals surface area (Å²) >= 11 is 0. The molecule has 3 N–H and O–H groups in total. The van der Waals surface area contributed by atoms with Gasteiger partial charge in [-0.25, -0.2) is 0 Å². The van der Waals surface area contributed by atoms with Crippen molar-refractivity contribution in [3.05, 3.63) is 23.8 Å². The fraction of sp³-hybridized carbons (Fsp3) is 0.462. The Balaban J connectivity index is 2.59. The van der Waals surface area contributed by atoms with Gasteiger partial charge in [0.25, 0.3) is 5.91 Å². The van der Waals surface area contributed by atoms with E-state index in [9.17, 15) is 4.79 Å². The highest BCUT2D eigenvalue weighted by Gasteiger charge is 2.12. The Morgan fingerprint density at radius 2 is 2.05 bits per heavy atom. The number of hydrogen-bond donors (Lipinski definition) is 2. The van der Waals surface area contributed by atoms with Crippen molar-refractivity contribution in [1.82, 2.24) is 5.32 Å². The fourth-order valence-electron chi connectivity index (χ4n) is 1.51. The highest BCUT2D eigenvalue weighted by molar-refractivity contribution is 5.97. The van der Waals surface area contributed by atoms with Crippen molar-refractivity contribution in [2.24, 2.45) is 5.73 Å². The molecular formula is C13H20N2O4. The van der Waals surface area contributed by atoms with Gasteiger partial charge in [0.05, 0.1) is 33.0 Å². The Labute approximate surface area is 112 Å². The molecule has 0 fully saturated rings. The Bertz CT molecular complexity index is 410. The highest BCUT2D eigenvalue weighted by atomic mass is 16.5. The second-order valence-electron chi connectivity index (χ2n) is 3.72. The van der Waals surface area contributed by atoms with Crippen LogP contribution in [0.3, 0.4) is 0 Å². The van der Waals surface area contributed by atoms with Gasteiger partial charge in [-0.05, 0) is 18.2 Å². The molecule has 0 aliphatic rings. The van der Waals surface area contributed by atoms with Crippen LogP contribution in [0.5, 0.6) is 11.5 Å². The number of nitrogens with one attached hydrogen (secondary N) is 1. The summed E-state index contributed by atoms with van der Waals surface area (Å²) in [5.41, 5.74) is 5.72. The molecule has 0 radical (unpaired) electrons. The van der Waals surface area contributed by atoms with E-state index in [0.29, 0.717) is 43.4 Å². The number of benzene rings is 1. The first-order chi connectivity index (χ1) is 9.22. The third kappa shape index (κ3) is 4.76. The van der Waals surface area contributed by atoms with Crippen LogP contribution >= 0.6 is 0 Å². The third-order valence-electron chi connectivity index (χ3n) is 2.45. The summed E-state index contributed by atoms with van der Waals surface area (Å²) in [5, 5.41) is 2.74. The first-order valence-corrected chi connectivity index (χ1v) is 6.01. The monoisotopic (exact) mass is 268 g/mol. The molecule has 0 aromatic heterocycles. The number of amides is 1. The minimum Gasteiger partial charge on any atom is -0.497 e. The molecule has 0 heterocycles. The number of nitrogens with two attached hydrogens (primary N) is 1. The van der Waals surface area contributed by atoms with Gasteiger partial charge in [-0.2, -0.15) is 0 Å². The van der Waals surface area contributed by atoms with E-state index in [0.717, 1.165) is 0 Å². The lowest BCUT2D eigenvalue weighted by Gasteiger charge is -2.11. The van der Waals surface area contributed by atoms with Crippen LogP contribution in [0.2, 0.25) is 0 Å². The van der Waals surface area contributed by atoms with E-state index in [1.807, 2.05) is 0 Å². The summed E-state index contributed by atoms with van der Waals surface area (Å²) < 4.78 is 15.4. The molecule has 0 aliphatic carbocycles. The lowest BCUT2D eigenvalue weighted by Crippen LogP contribution is -2.28. The van der Waals surface area contributed by atoms with E-state index < -0.39 is 0 Å². The average Bonchev–Trinajstić information content (AvgIpc) is 2.46. The maximum Gasteiger partial charge on any atom is 0.255 e. The van der Waals surface area contributed by atoms with Gasteiger partial charge in [0.1, 0.15) is 11.5 Å². The number of carbonyl (C=O) groups is 1. The van der Waals surface area contributed by atoms with Crippen LogP contribution in [-0.4, -0.2) is 46.4 Å². The van der Waals surface area contributed by atoms with Crippen LogP contribution in [0.4, 0.5) is 0 Å². The number of carbonyl (C=O) groups excluding carboxylic acids is 1. The summed E-state index contributed by atoms with van der Waals surface area (Å²) in [6.45, 7) is 1.80. The zero-order chi connectivity index (χ0) is 14.1. The molecule has 1 rings (SSSR count). The van der Waals surface area contributed by atoms with Gasteiger partial charge in [0.2, 0.25) is 0 Å². The van der Waals surface area contributed by atoms with Crippen LogP contribution in [0.15, 0.2) is 18.2 Å². The van der Waals surface area contributed by atoms with Crippen molar-refractivity contribution >= 4 is 5.91 Å². The predicted molar refractivity (Wildman–Crippen MR) is 71.8 cm³/mol. The third-order valence-corrected chi connectivity index (χ3v) is 2.45. The lowest BCUT2D eigenvalue weighted by atomic mass is 10.1. The van der Waals surface area contributed by atoms with E-state index in [2.05, 4.69) is 5.32 Å². The normalized spacial score (nSPS) is 10.1. The van der Waals surface area contributed by atoms with Crippen LogP contribution < -0.4 is 20.5 Å². The molecule has 0 bridgehead atoms. The largest absolute Gasteiger partial charge is 0.497 e. The van der Waals surface area contributed by atoms with Crippen molar-refractivity contribution in [2.75, 3.05) is 40.5 Å². The quantitative estimate of drug-likeness (QED) is 0.667. The second kappa shape index (κ2) is 8.34. The summed E-state index contributed by atoms with van der Waals surface area (Å²) in [4.78, 5) is 12.0. The van der Waals surface area contributed by atoms with Gasteiger partial charge < -0.3 is 25.3 Å². The average molecular weight is 268 g/mol. The number of hydrogen-bond acceptors (Lipinski definition) is 5. The molecule has 0 aliphatic heterocycles. The molecule has 106 valence electrons. The maximum atomic E-state index is 12.0. The molecule has 6 nitrogen and oxygen atoms in total. The maximum absolute atomic E-state index is 12.0. The fourth-order valence-corrected chi connectivity index (χ4v) is 1.51. The van der Waals surface area contributed by atoms with Gasteiger partial charge in [-0.1, -0.05) is 0 Å². The lowest BCUT2D eigenvalue weighted by molar-refractivity contribution is 0.0916. The minimum atomic E-state index is -0.230. The predicted octanol–water partition coefficient (Wildman–Crippen LogP) is 0.409. The SMILES string of the molecule is COc1ccc(OC)c(C(=O)NCCOCCN)c1. The van der Waals surface area contributed by atoms with Crippen LogP contribution in [0.1, 0.15) is 10.4 Å². The van der Waals surface area contributed by atoms with E-state index in [-0.39, 0.29) is 5.91 Å². The Morgan fingerprint density at radius 1 is 1.26 bits per heavy atom. The molecule has 1 amide bonds. The van der Waals surface area contributed by atoms with E-state index >= 15 is 0 Å². The van der Waals surface area contributed by atoms with Crippen molar-refractivity contribution in [3.8, 4) is 11.5 Å². The number of methoxy groups -OCH3 is 2. The first kappa shape index (κ1) is 15.3. The summed E-state index contributed by atoms with van der Waals surface area (Å²) in [7, 11) is 3.06. The van der Waals surface area contributed by atoms with Gasteiger partial charge in [-0.3, -0.25) is 4.79 Å². The van der Waals surface area contributed by atoms with Gasteiger partial charge in [-0.15, -0.1) is 0 Å². The topological polar surface area (TPSA) is 82.8 Å². The molecule has 0 atom stereocenters. The van der Waals surface area contributed by atoms with Crippen molar-refractivity contribution in [1.29, 1.82) is 0 Å². The summed E-state index contributed by atoms with van der Waals surface area (Å²) in [5.74, 6) is 0.874. The molecule has 0 unspecified atom stereocenters. The number of ether oxygens (including phenoxy) is 3. The van der Waals surface area contributed by atoms with E-state index in [4.69, 9.17) is 19.9 Å². The summed E-state index contributed by atoms with van der Waals surface area (Å²) in [6, 6.07) is 5.06. The Hall–Kier alpha value is -1.79. The van der Waals surface area contributed by atoms with Gasteiger partial charge in [0.15, 0.2) is 0 Å². The standard InChI is InChI=1S/C13H20N2O4/c1-17-10-3-4-12(18-2)11(9-10)13(16)15-6-8-19-7-5-14/h3-4,9H,5-8,14H2,1-2H3,(H,15,16). The van der Waals surface area contributed by atoms with E-state index in [1.165, 1.54) is 7.11 Å². The second-order valence-corrected chi connectivity index (χ2v) is 3.72. The smallest absolute Gasteiger partial charge is 0.255 e. The molecular weight excluding hydrogens is 248 g/mol. The van der Waals surface area contributed by atoms with Crippen molar-refractivity contribution in [2.45, 2.75) is 0 Å². The molecule has 0 spiro atoms. The molecule has 6 heteroatoms. The van der Waals surface area contributed by atoms with Gasteiger partial charge >= 0.3 is 0 Å². The minimum absolute atomic E-state index is 0.230. The van der Waals surface area contributed by atoms with Gasteiger partial charge in [0, 0.05) is 13.1 Å². The van der Waals surface area contributed by atoms with Crippen molar-refractivity contribution in [3.63, 3.8) is 0 Å². The zero-order valence-electron chi connectivity index (χ0n) is 11.3. The number of rotatable bonds is 8. The zero-order valence-corrected chi connectivity index (χ0v) is 11.3. The molecule has 0 saturated heterocycles.